The predicted molar refractivity (Wildman–Crippen MR) is 58.9 cm³/mol. The van der Waals surface area contributed by atoms with Crippen LogP contribution in [0, 0.1) is 0 Å². The highest BCUT2D eigenvalue weighted by atomic mass is 16.5. The van der Waals surface area contributed by atoms with Crippen molar-refractivity contribution in [1.82, 2.24) is 10.1 Å². The number of benzene rings is 1. The molecule has 0 radical (unpaired) electrons. The quantitative estimate of drug-likeness (QED) is 0.707. The standard InChI is InChI=1S/C10H11BN2O3/c1-2-9-12-10(13-16-9)7-4-3-5-8(6-7)11(14)15/h3-6,14-15H,2H2,1H3. The smallest absolute Gasteiger partial charge is 0.423 e. The van der Waals surface area contributed by atoms with E-state index in [0.29, 0.717) is 29.2 Å². The van der Waals surface area contributed by atoms with Crippen molar-refractivity contribution in [2.24, 2.45) is 0 Å². The van der Waals surface area contributed by atoms with Gasteiger partial charge in [0.2, 0.25) is 11.7 Å². The van der Waals surface area contributed by atoms with Gasteiger partial charge in [0, 0.05) is 12.0 Å². The molecule has 2 N–H and O–H groups in total. The molecular formula is C10H11BN2O3. The lowest BCUT2D eigenvalue weighted by atomic mass is 9.79. The van der Waals surface area contributed by atoms with Crippen LogP contribution in [0.4, 0.5) is 0 Å². The van der Waals surface area contributed by atoms with Crippen LogP contribution < -0.4 is 5.46 Å². The van der Waals surface area contributed by atoms with Crippen molar-refractivity contribution in [2.75, 3.05) is 0 Å². The zero-order chi connectivity index (χ0) is 11.5. The van der Waals surface area contributed by atoms with Gasteiger partial charge in [0.25, 0.3) is 0 Å². The maximum atomic E-state index is 9.04. The molecule has 1 aromatic heterocycles. The molecule has 0 aliphatic rings. The van der Waals surface area contributed by atoms with Crippen LogP contribution in [0.15, 0.2) is 28.8 Å². The Labute approximate surface area is 92.9 Å². The van der Waals surface area contributed by atoms with E-state index < -0.39 is 7.12 Å². The Bertz CT molecular complexity index is 484. The third kappa shape index (κ3) is 2.12. The van der Waals surface area contributed by atoms with Gasteiger partial charge in [-0.05, 0) is 5.46 Å². The highest BCUT2D eigenvalue weighted by molar-refractivity contribution is 6.58. The fourth-order valence-electron chi connectivity index (χ4n) is 1.35. The Morgan fingerprint density at radius 2 is 2.19 bits per heavy atom. The van der Waals surface area contributed by atoms with E-state index in [0.717, 1.165) is 0 Å². The lowest BCUT2D eigenvalue weighted by Crippen LogP contribution is -2.29. The van der Waals surface area contributed by atoms with Crippen molar-refractivity contribution >= 4 is 12.6 Å². The fourth-order valence-corrected chi connectivity index (χ4v) is 1.35. The molecule has 82 valence electrons. The van der Waals surface area contributed by atoms with Crippen molar-refractivity contribution in [3.8, 4) is 11.4 Å². The molecule has 2 aromatic rings. The van der Waals surface area contributed by atoms with E-state index in [1.54, 1.807) is 24.3 Å². The second-order valence-electron chi connectivity index (χ2n) is 3.36. The van der Waals surface area contributed by atoms with Crippen LogP contribution in [0.3, 0.4) is 0 Å². The molecule has 1 heterocycles. The number of hydrogen-bond donors (Lipinski definition) is 2. The van der Waals surface area contributed by atoms with Gasteiger partial charge in [0.05, 0.1) is 0 Å². The highest BCUT2D eigenvalue weighted by Crippen LogP contribution is 2.14. The first-order valence-corrected chi connectivity index (χ1v) is 4.99. The molecule has 0 spiro atoms. The maximum Gasteiger partial charge on any atom is 0.488 e. The van der Waals surface area contributed by atoms with Gasteiger partial charge >= 0.3 is 7.12 Å². The lowest BCUT2D eigenvalue weighted by molar-refractivity contribution is 0.383. The average Bonchev–Trinajstić information content (AvgIpc) is 2.77. The predicted octanol–water partition coefficient (Wildman–Crippen LogP) is -0.0212. The summed E-state index contributed by atoms with van der Waals surface area (Å²) < 4.78 is 4.98. The molecule has 0 saturated heterocycles. The maximum absolute atomic E-state index is 9.04. The first-order valence-electron chi connectivity index (χ1n) is 4.99. The second kappa shape index (κ2) is 4.46. The minimum atomic E-state index is -1.49. The summed E-state index contributed by atoms with van der Waals surface area (Å²) in [5.74, 6) is 1.02. The normalized spacial score (nSPS) is 10.4. The molecule has 2 rings (SSSR count). The molecule has 0 aliphatic carbocycles. The summed E-state index contributed by atoms with van der Waals surface area (Å²) in [6.45, 7) is 1.92. The Morgan fingerprint density at radius 3 is 2.81 bits per heavy atom. The minimum absolute atomic E-state index is 0.403. The summed E-state index contributed by atoms with van der Waals surface area (Å²) >= 11 is 0. The van der Waals surface area contributed by atoms with Gasteiger partial charge in [-0.2, -0.15) is 4.98 Å². The van der Waals surface area contributed by atoms with E-state index >= 15 is 0 Å². The number of nitrogens with zero attached hydrogens (tertiary/aromatic N) is 2. The fraction of sp³-hybridized carbons (Fsp3) is 0.200. The first-order chi connectivity index (χ1) is 7.70. The lowest BCUT2D eigenvalue weighted by Gasteiger charge is -2.00. The number of aromatic nitrogens is 2. The van der Waals surface area contributed by atoms with E-state index in [4.69, 9.17) is 14.6 Å². The van der Waals surface area contributed by atoms with Crippen molar-refractivity contribution < 1.29 is 14.6 Å². The Hall–Kier alpha value is -1.66. The van der Waals surface area contributed by atoms with Crippen molar-refractivity contribution in [2.45, 2.75) is 13.3 Å². The van der Waals surface area contributed by atoms with E-state index in [1.807, 2.05) is 6.92 Å². The van der Waals surface area contributed by atoms with E-state index in [2.05, 4.69) is 10.1 Å². The van der Waals surface area contributed by atoms with Gasteiger partial charge < -0.3 is 14.6 Å². The van der Waals surface area contributed by atoms with E-state index in [9.17, 15) is 0 Å². The zero-order valence-corrected chi connectivity index (χ0v) is 8.79. The molecule has 0 saturated carbocycles. The van der Waals surface area contributed by atoms with E-state index in [1.165, 1.54) is 0 Å². The number of rotatable bonds is 3. The monoisotopic (exact) mass is 218 g/mol. The summed E-state index contributed by atoms with van der Waals surface area (Å²) in [4.78, 5) is 4.16. The van der Waals surface area contributed by atoms with Gasteiger partial charge in [0.15, 0.2) is 0 Å². The molecular weight excluding hydrogens is 207 g/mol. The van der Waals surface area contributed by atoms with Crippen LogP contribution in [-0.4, -0.2) is 27.3 Å². The summed E-state index contributed by atoms with van der Waals surface area (Å²) in [6.07, 6.45) is 0.676. The van der Waals surface area contributed by atoms with Gasteiger partial charge in [-0.25, -0.2) is 0 Å². The molecule has 0 aliphatic heterocycles. The second-order valence-corrected chi connectivity index (χ2v) is 3.36. The van der Waals surface area contributed by atoms with Crippen LogP contribution in [0.25, 0.3) is 11.4 Å². The van der Waals surface area contributed by atoms with Gasteiger partial charge in [0.1, 0.15) is 0 Å². The van der Waals surface area contributed by atoms with E-state index in [-0.39, 0.29) is 0 Å². The molecule has 0 bridgehead atoms. The van der Waals surface area contributed by atoms with Gasteiger partial charge in [-0.15, -0.1) is 0 Å². The minimum Gasteiger partial charge on any atom is -0.423 e. The van der Waals surface area contributed by atoms with Crippen molar-refractivity contribution in [3.63, 3.8) is 0 Å². The summed E-state index contributed by atoms with van der Waals surface area (Å²) in [6, 6.07) is 6.74. The highest BCUT2D eigenvalue weighted by Gasteiger charge is 2.13. The molecule has 0 amide bonds. The molecule has 5 nitrogen and oxygen atoms in total. The first kappa shape index (κ1) is 10.8. The van der Waals surface area contributed by atoms with Crippen LogP contribution in [0.2, 0.25) is 0 Å². The largest absolute Gasteiger partial charge is 0.488 e. The summed E-state index contributed by atoms with van der Waals surface area (Å²) in [5, 5.41) is 21.9. The van der Waals surface area contributed by atoms with Crippen LogP contribution in [0.5, 0.6) is 0 Å². The molecule has 0 fully saturated rings. The van der Waals surface area contributed by atoms with Crippen LogP contribution in [-0.2, 0) is 6.42 Å². The summed E-state index contributed by atoms with van der Waals surface area (Å²) in [7, 11) is -1.49. The van der Waals surface area contributed by atoms with Crippen molar-refractivity contribution in [3.05, 3.63) is 30.2 Å². The molecule has 6 heteroatoms. The SMILES string of the molecule is CCc1nc(-c2cccc(B(O)O)c2)no1. The number of aryl methyl sites for hydroxylation is 1. The van der Waals surface area contributed by atoms with Gasteiger partial charge in [-0.3, -0.25) is 0 Å². The Balaban J connectivity index is 2.36. The molecule has 0 unspecified atom stereocenters. The van der Waals surface area contributed by atoms with Crippen LogP contribution >= 0.6 is 0 Å². The third-order valence-electron chi connectivity index (χ3n) is 2.21. The molecule has 1 aromatic carbocycles. The van der Waals surface area contributed by atoms with Gasteiger partial charge in [-0.1, -0.05) is 36.3 Å². The molecule has 0 atom stereocenters. The number of hydrogen-bond acceptors (Lipinski definition) is 5. The van der Waals surface area contributed by atoms with Crippen molar-refractivity contribution in [1.29, 1.82) is 0 Å². The molecule has 16 heavy (non-hydrogen) atoms. The van der Waals surface area contributed by atoms with Crippen LogP contribution in [0.1, 0.15) is 12.8 Å². The Kier molecular flexibility index (Phi) is 3.03. The Morgan fingerprint density at radius 1 is 1.38 bits per heavy atom. The third-order valence-corrected chi connectivity index (χ3v) is 2.21. The topological polar surface area (TPSA) is 79.4 Å². The summed E-state index contributed by atoms with van der Waals surface area (Å²) in [5.41, 5.74) is 1.11. The average molecular weight is 218 g/mol. The zero-order valence-electron chi connectivity index (χ0n) is 8.79.